The van der Waals surface area contributed by atoms with Crippen molar-refractivity contribution in [1.82, 2.24) is 0 Å². The van der Waals surface area contributed by atoms with Gasteiger partial charge < -0.3 is 16.0 Å². The molecule has 120 valence electrons. The van der Waals surface area contributed by atoms with Crippen LogP contribution >= 0.6 is 0 Å². The summed E-state index contributed by atoms with van der Waals surface area (Å²) in [7, 11) is 0. The monoisotopic (exact) mass is 315 g/mol. The SMILES string of the molecule is CC(=O)Nc1ccc(NCCC(=O)Nc2ccccc2F)cc1. The van der Waals surface area contributed by atoms with Crippen LogP contribution in [-0.2, 0) is 9.59 Å². The molecule has 5 nitrogen and oxygen atoms in total. The molecule has 23 heavy (non-hydrogen) atoms. The quantitative estimate of drug-likeness (QED) is 0.766. The van der Waals surface area contributed by atoms with Gasteiger partial charge in [-0.25, -0.2) is 4.39 Å². The molecule has 2 aromatic carbocycles. The fourth-order valence-corrected chi connectivity index (χ4v) is 1.97. The predicted molar refractivity (Wildman–Crippen MR) is 88.9 cm³/mol. The smallest absolute Gasteiger partial charge is 0.226 e. The minimum absolute atomic E-state index is 0.129. The van der Waals surface area contributed by atoms with E-state index >= 15 is 0 Å². The van der Waals surface area contributed by atoms with Gasteiger partial charge in [-0.2, -0.15) is 0 Å². The first kappa shape index (κ1) is 16.5. The van der Waals surface area contributed by atoms with Gasteiger partial charge in [0.1, 0.15) is 5.82 Å². The molecule has 0 spiro atoms. The van der Waals surface area contributed by atoms with Crippen LogP contribution < -0.4 is 16.0 Å². The largest absolute Gasteiger partial charge is 0.385 e. The van der Waals surface area contributed by atoms with Crippen LogP contribution in [0.2, 0.25) is 0 Å². The van der Waals surface area contributed by atoms with Crippen LogP contribution in [0.25, 0.3) is 0 Å². The van der Waals surface area contributed by atoms with Gasteiger partial charge in [-0.3, -0.25) is 9.59 Å². The summed E-state index contributed by atoms with van der Waals surface area (Å²) in [6.45, 7) is 1.86. The number of anilines is 3. The topological polar surface area (TPSA) is 70.2 Å². The zero-order chi connectivity index (χ0) is 16.7. The van der Waals surface area contributed by atoms with E-state index in [-0.39, 0.29) is 23.9 Å². The van der Waals surface area contributed by atoms with E-state index in [0.717, 1.165) is 5.69 Å². The van der Waals surface area contributed by atoms with Gasteiger partial charge in [-0.1, -0.05) is 12.1 Å². The molecule has 0 aliphatic rings. The van der Waals surface area contributed by atoms with Crippen molar-refractivity contribution in [3.63, 3.8) is 0 Å². The van der Waals surface area contributed by atoms with E-state index in [4.69, 9.17) is 0 Å². The molecule has 0 aliphatic carbocycles. The third kappa shape index (κ3) is 5.43. The molecular weight excluding hydrogens is 297 g/mol. The highest BCUT2D eigenvalue weighted by molar-refractivity contribution is 5.91. The van der Waals surface area contributed by atoms with Gasteiger partial charge in [0.2, 0.25) is 11.8 Å². The zero-order valence-electron chi connectivity index (χ0n) is 12.7. The summed E-state index contributed by atoms with van der Waals surface area (Å²) in [4.78, 5) is 22.7. The molecule has 0 radical (unpaired) electrons. The first-order valence-electron chi connectivity index (χ1n) is 7.20. The molecule has 0 atom stereocenters. The summed E-state index contributed by atoms with van der Waals surface area (Å²) in [6.07, 6.45) is 0.210. The third-order valence-electron chi connectivity index (χ3n) is 3.03. The maximum atomic E-state index is 13.4. The molecule has 0 heterocycles. The fraction of sp³-hybridized carbons (Fsp3) is 0.176. The number of hydrogen-bond acceptors (Lipinski definition) is 3. The van der Waals surface area contributed by atoms with Gasteiger partial charge in [0.15, 0.2) is 0 Å². The average Bonchev–Trinajstić information content (AvgIpc) is 2.51. The number of hydrogen-bond donors (Lipinski definition) is 3. The Bertz CT molecular complexity index is 686. The second-order valence-electron chi connectivity index (χ2n) is 4.96. The Kier molecular flexibility index (Phi) is 5.68. The van der Waals surface area contributed by atoms with E-state index in [2.05, 4.69) is 16.0 Å². The average molecular weight is 315 g/mol. The van der Waals surface area contributed by atoms with Crippen LogP contribution in [0, 0.1) is 5.82 Å². The van der Waals surface area contributed by atoms with Crippen molar-refractivity contribution in [2.75, 3.05) is 22.5 Å². The number of halogens is 1. The molecule has 2 aromatic rings. The first-order valence-corrected chi connectivity index (χ1v) is 7.20. The van der Waals surface area contributed by atoms with Gasteiger partial charge in [0.25, 0.3) is 0 Å². The Balaban J connectivity index is 1.77. The standard InChI is InChI=1S/C17H18FN3O2/c1-12(22)20-14-8-6-13(7-9-14)19-11-10-17(23)21-16-5-3-2-4-15(16)18/h2-9,19H,10-11H2,1H3,(H,20,22)(H,21,23). The van der Waals surface area contributed by atoms with Crippen molar-refractivity contribution in [1.29, 1.82) is 0 Å². The van der Waals surface area contributed by atoms with Crippen LogP contribution in [0.15, 0.2) is 48.5 Å². The molecule has 0 fully saturated rings. The van der Waals surface area contributed by atoms with Gasteiger partial charge in [0.05, 0.1) is 5.69 Å². The zero-order valence-corrected chi connectivity index (χ0v) is 12.7. The van der Waals surface area contributed by atoms with Crippen LogP contribution in [0.4, 0.5) is 21.5 Å². The third-order valence-corrected chi connectivity index (χ3v) is 3.03. The summed E-state index contributed by atoms with van der Waals surface area (Å²) >= 11 is 0. The van der Waals surface area contributed by atoms with E-state index in [1.165, 1.54) is 19.1 Å². The minimum Gasteiger partial charge on any atom is -0.385 e. The molecule has 6 heteroatoms. The molecular formula is C17H18FN3O2. The number of rotatable bonds is 6. The number of carbonyl (C=O) groups is 2. The lowest BCUT2D eigenvalue weighted by Crippen LogP contribution is -2.17. The number of amides is 2. The van der Waals surface area contributed by atoms with E-state index in [1.807, 2.05) is 0 Å². The Morgan fingerprint density at radius 3 is 2.26 bits per heavy atom. The number of carbonyl (C=O) groups excluding carboxylic acids is 2. The van der Waals surface area contributed by atoms with E-state index < -0.39 is 5.82 Å². The number of benzene rings is 2. The van der Waals surface area contributed by atoms with Gasteiger partial charge in [-0.05, 0) is 36.4 Å². The predicted octanol–water partition coefficient (Wildman–Crippen LogP) is 3.22. The minimum atomic E-state index is -0.456. The van der Waals surface area contributed by atoms with Gasteiger partial charge in [0, 0.05) is 31.3 Å². The van der Waals surface area contributed by atoms with Crippen molar-refractivity contribution in [2.45, 2.75) is 13.3 Å². The van der Waals surface area contributed by atoms with Crippen molar-refractivity contribution in [2.24, 2.45) is 0 Å². The molecule has 0 aliphatic heterocycles. The number of para-hydroxylation sites is 1. The highest BCUT2D eigenvalue weighted by atomic mass is 19.1. The maximum absolute atomic E-state index is 13.4. The number of nitrogens with one attached hydrogen (secondary N) is 3. The summed E-state index contributed by atoms with van der Waals surface area (Å²) in [6, 6.07) is 13.2. The summed E-state index contributed by atoms with van der Waals surface area (Å²) in [5.74, 6) is -0.852. The molecule has 0 saturated heterocycles. The Morgan fingerprint density at radius 2 is 1.61 bits per heavy atom. The molecule has 2 amide bonds. The lowest BCUT2D eigenvalue weighted by Gasteiger charge is -2.09. The van der Waals surface area contributed by atoms with Crippen molar-refractivity contribution < 1.29 is 14.0 Å². The van der Waals surface area contributed by atoms with Gasteiger partial charge >= 0.3 is 0 Å². The Morgan fingerprint density at radius 1 is 0.957 bits per heavy atom. The van der Waals surface area contributed by atoms with Crippen molar-refractivity contribution in [3.8, 4) is 0 Å². The first-order chi connectivity index (χ1) is 11.0. The Hall–Kier alpha value is -2.89. The fourth-order valence-electron chi connectivity index (χ4n) is 1.97. The second-order valence-corrected chi connectivity index (χ2v) is 4.96. The summed E-state index contributed by atoms with van der Waals surface area (Å²) in [5.41, 5.74) is 1.72. The van der Waals surface area contributed by atoms with Crippen LogP contribution in [0.3, 0.4) is 0 Å². The molecule has 0 saturated carbocycles. The van der Waals surface area contributed by atoms with Crippen LogP contribution in [0.5, 0.6) is 0 Å². The maximum Gasteiger partial charge on any atom is 0.226 e. The summed E-state index contributed by atoms with van der Waals surface area (Å²) in [5, 5.41) is 8.29. The lowest BCUT2D eigenvalue weighted by atomic mass is 10.2. The van der Waals surface area contributed by atoms with Crippen LogP contribution in [0.1, 0.15) is 13.3 Å². The van der Waals surface area contributed by atoms with Crippen molar-refractivity contribution >= 4 is 28.9 Å². The van der Waals surface area contributed by atoms with Gasteiger partial charge in [-0.15, -0.1) is 0 Å². The lowest BCUT2D eigenvalue weighted by molar-refractivity contribution is -0.116. The van der Waals surface area contributed by atoms with Crippen molar-refractivity contribution in [3.05, 3.63) is 54.3 Å². The molecule has 0 bridgehead atoms. The van der Waals surface area contributed by atoms with E-state index in [9.17, 15) is 14.0 Å². The second kappa shape index (κ2) is 7.93. The van der Waals surface area contributed by atoms with E-state index in [1.54, 1.807) is 36.4 Å². The molecule has 2 rings (SSSR count). The van der Waals surface area contributed by atoms with Crippen LogP contribution in [-0.4, -0.2) is 18.4 Å². The normalized spacial score (nSPS) is 10.0. The molecule has 0 unspecified atom stereocenters. The molecule has 3 N–H and O–H groups in total. The van der Waals surface area contributed by atoms with E-state index in [0.29, 0.717) is 12.2 Å². The highest BCUT2D eigenvalue weighted by Crippen LogP contribution is 2.14. The highest BCUT2D eigenvalue weighted by Gasteiger charge is 2.05. The molecule has 0 aromatic heterocycles. The Labute approximate surface area is 133 Å². The summed E-state index contributed by atoms with van der Waals surface area (Å²) < 4.78 is 13.4.